The molecule has 0 aliphatic heterocycles. The van der Waals surface area contributed by atoms with Crippen LogP contribution >= 0.6 is 0 Å². The van der Waals surface area contributed by atoms with Crippen LogP contribution in [0.15, 0.2) is 24.3 Å². The monoisotopic (exact) mass is 319 g/mol. The third kappa shape index (κ3) is 7.90. The van der Waals surface area contributed by atoms with Crippen LogP contribution in [0.2, 0.25) is 0 Å². The second-order valence-electron chi connectivity index (χ2n) is 6.42. The van der Waals surface area contributed by atoms with E-state index in [1.165, 1.54) is 0 Å². The number of nitrogens with one attached hydrogen (secondary N) is 1. The van der Waals surface area contributed by atoms with Crippen molar-refractivity contribution in [3.63, 3.8) is 0 Å². The lowest BCUT2D eigenvalue weighted by atomic mass is 9.80. The van der Waals surface area contributed by atoms with Gasteiger partial charge >= 0.3 is 6.09 Å². The molecule has 1 aromatic rings. The van der Waals surface area contributed by atoms with Gasteiger partial charge < -0.3 is 26.3 Å². The van der Waals surface area contributed by atoms with Crippen molar-refractivity contribution in [2.45, 2.75) is 44.7 Å². The fraction of sp³-hybridized carbons (Fsp3) is 0.562. The van der Waals surface area contributed by atoms with Crippen molar-refractivity contribution < 1.29 is 14.3 Å². The highest BCUT2D eigenvalue weighted by atomic mass is 16.6. The normalized spacial score (nSPS) is 14.1. The number of amides is 1. The van der Waals surface area contributed by atoms with Crippen molar-refractivity contribution in [2.75, 3.05) is 18.9 Å². The minimum atomic E-state index is -0.755. The largest absolute Gasteiger partial charge is 0.413 e. The van der Waals surface area contributed by atoms with E-state index in [2.05, 4.69) is 5.32 Å². The maximum absolute atomic E-state index is 11.9. The van der Waals surface area contributed by atoms with Gasteiger partial charge in [0.1, 0.15) is 13.6 Å². The Labute approximate surface area is 139 Å². The van der Waals surface area contributed by atoms with Crippen LogP contribution in [0, 0.1) is 0 Å². The van der Waals surface area contributed by atoms with E-state index in [0.29, 0.717) is 37.4 Å². The smallest absolute Gasteiger partial charge is 0.410 e. The van der Waals surface area contributed by atoms with Gasteiger partial charge in [-0.15, -0.1) is 0 Å². The molecule has 1 unspecified atom stereocenters. The number of carbonyl (C=O) groups is 1. The number of nitrogen functional groups attached to an aromatic ring is 1. The van der Waals surface area contributed by atoms with Crippen molar-refractivity contribution in [1.82, 2.24) is 5.32 Å². The highest BCUT2D eigenvalue weighted by molar-refractivity contribution is 6.14. The molecule has 6 nitrogen and oxygen atoms in total. The van der Waals surface area contributed by atoms with Gasteiger partial charge in [-0.2, -0.15) is 0 Å². The van der Waals surface area contributed by atoms with Gasteiger partial charge in [0.25, 0.3) is 0 Å². The zero-order valence-electron chi connectivity index (χ0n) is 14.1. The predicted octanol–water partition coefficient (Wildman–Crippen LogP) is 1.78. The lowest BCUT2D eigenvalue weighted by Gasteiger charge is -2.30. The summed E-state index contributed by atoms with van der Waals surface area (Å²) in [7, 11) is 5.95. The Balaban J connectivity index is 2.41. The summed E-state index contributed by atoms with van der Waals surface area (Å²) >= 11 is 0. The summed E-state index contributed by atoms with van der Waals surface area (Å²) in [6.45, 7) is 6.43. The summed E-state index contributed by atoms with van der Waals surface area (Å²) in [5.74, 6) is 0.432. The van der Waals surface area contributed by atoms with E-state index in [4.69, 9.17) is 28.8 Å². The van der Waals surface area contributed by atoms with E-state index in [-0.39, 0.29) is 0 Å². The van der Waals surface area contributed by atoms with E-state index < -0.39 is 17.1 Å². The summed E-state index contributed by atoms with van der Waals surface area (Å²) in [5.41, 5.74) is 10.4. The molecule has 0 aliphatic rings. The zero-order chi connectivity index (χ0) is 17.5. The third-order valence-electron chi connectivity index (χ3n) is 3.33. The minimum absolute atomic E-state index is 0.405. The first kappa shape index (κ1) is 19.3. The Morgan fingerprint density at radius 2 is 1.83 bits per heavy atom. The lowest BCUT2D eigenvalue weighted by molar-refractivity contribution is 0.0178. The molecular formula is C16H26BN3O3. The first-order chi connectivity index (χ1) is 10.6. The molecule has 2 radical (unpaired) electrons. The van der Waals surface area contributed by atoms with Crippen molar-refractivity contribution in [1.29, 1.82) is 0 Å². The second-order valence-corrected chi connectivity index (χ2v) is 6.42. The number of anilines is 1. The van der Waals surface area contributed by atoms with Crippen LogP contribution in [0.3, 0.4) is 0 Å². The second kappa shape index (κ2) is 8.22. The minimum Gasteiger partial charge on any atom is -0.410 e. The average molecular weight is 319 g/mol. The number of rotatable bonds is 8. The molecule has 23 heavy (non-hydrogen) atoms. The topological polar surface area (TPSA) is 99.6 Å². The van der Waals surface area contributed by atoms with Crippen LogP contribution in [0.1, 0.15) is 33.6 Å². The molecule has 0 saturated carbocycles. The van der Waals surface area contributed by atoms with Gasteiger partial charge in [0.15, 0.2) is 0 Å². The van der Waals surface area contributed by atoms with E-state index >= 15 is 0 Å². The third-order valence-corrected chi connectivity index (χ3v) is 3.33. The first-order valence-corrected chi connectivity index (χ1v) is 7.62. The highest BCUT2D eigenvalue weighted by Crippen LogP contribution is 2.16. The summed E-state index contributed by atoms with van der Waals surface area (Å²) < 4.78 is 10.8. The van der Waals surface area contributed by atoms with Gasteiger partial charge in [-0.25, -0.2) is 4.79 Å². The fourth-order valence-corrected chi connectivity index (χ4v) is 1.91. The molecule has 1 aromatic carbocycles. The summed E-state index contributed by atoms with van der Waals surface area (Å²) in [6.07, 6.45) is 0.624. The van der Waals surface area contributed by atoms with Gasteiger partial charge in [-0.1, -0.05) is 0 Å². The standard InChI is InChI=1S/C16H26BN3O3/c1-15(2,9-11-22-16(3,17)8-10-18)20-14(21)23-13-6-4-12(19)5-7-13/h4-7H,8-11,18-19H2,1-3H3,(H,20,21). The van der Waals surface area contributed by atoms with Gasteiger partial charge in [-0.05, 0) is 64.4 Å². The first-order valence-electron chi connectivity index (χ1n) is 7.62. The quantitative estimate of drug-likeness (QED) is 0.501. The fourth-order valence-electron chi connectivity index (χ4n) is 1.91. The number of benzene rings is 1. The molecule has 0 fully saturated rings. The lowest BCUT2D eigenvalue weighted by Crippen LogP contribution is -2.46. The molecule has 0 heterocycles. The molecule has 0 saturated heterocycles. The van der Waals surface area contributed by atoms with E-state index in [9.17, 15) is 4.79 Å². The van der Waals surface area contributed by atoms with E-state index in [1.807, 2.05) is 13.8 Å². The highest BCUT2D eigenvalue weighted by Gasteiger charge is 2.23. The molecule has 1 rings (SSSR count). The Bertz CT molecular complexity index is 504. The number of ether oxygens (including phenoxy) is 2. The van der Waals surface area contributed by atoms with Crippen LogP contribution in [0.5, 0.6) is 5.75 Å². The molecule has 0 spiro atoms. The van der Waals surface area contributed by atoms with Crippen LogP contribution in [-0.4, -0.2) is 38.1 Å². The molecule has 126 valence electrons. The SMILES string of the molecule is [B]C(C)(CCN)OCCC(C)(C)NC(=O)Oc1ccc(N)cc1. The van der Waals surface area contributed by atoms with Crippen molar-refractivity contribution >= 4 is 19.6 Å². The van der Waals surface area contributed by atoms with E-state index in [1.54, 1.807) is 31.2 Å². The van der Waals surface area contributed by atoms with Crippen molar-refractivity contribution in [2.24, 2.45) is 5.73 Å². The van der Waals surface area contributed by atoms with Crippen molar-refractivity contribution in [3.05, 3.63) is 24.3 Å². The Kier molecular flexibility index (Phi) is 6.90. The number of nitrogens with two attached hydrogens (primary N) is 2. The van der Waals surface area contributed by atoms with Gasteiger partial charge in [0.2, 0.25) is 0 Å². The van der Waals surface area contributed by atoms with Crippen LogP contribution in [-0.2, 0) is 4.74 Å². The average Bonchev–Trinajstić information content (AvgIpc) is 2.40. The van der Waals surface area contributed by atoms with Crippen LogP contribution in [0.25, 0.3) is 0 Å². The molecule has 7 heteroatoms. The maximum atomic E-state index is 11.9. The Morgan fingerprint density at radius 3 is 2.39 bits per heavy atom. The Hall–Kier alpha value is -1.73. The summed E-state index contributed by atoms with van der Waals surface area (Å²) in [4.78, 5) is 11.9. The maximum Gasteiger partial charge on any atom is 0.413 e. The van der Waals surface area contributed by atoms with Crippen LogP contribution in [0.4, 0.5) is 10.5 Å². The predicted molar refractivity (Wildman–Crippen MR) is 92.5 cm³/mol. The number of hydrogen-bond acceptors (Lipinski definition) is 5. The summed E-state index contributed by atoms with van der Waals surface area (Å²) in [6, 6.07) is 6.61. The molecule has 0 aliphatic carbocycles. The molecule has 0 bridgehead atoms. The molecular weight excluding hydrogens is 293 g/mol. The van der Waals surface area contributed by atoms with Crippen LogP contribution < -0.4 is 21.5 Å². The van der Waals surface area contributed by atoms with Gasteiger partial charge in [0, 0.05) is 23.3 Å². The number of carbonyl (C=O) groups excluding carboxylic acids is 1. The zero-order valence-corrected chi connectivity index (χ0v) is 14.1. The number of hydrogen-bond donors (Lipinski definition) is 3. The molecule has 1 atom stereocenters. The van der Waals surface area contributed by atoms with Gasteiger partial charge in [-0.3, -0.25) is 0 Å². The van der Waals surface area contributed by atoms with Gasteiger partial charge in [0.05, 0.1) is 0 Å². The van der Waals surface area contributed by atoms with Crippen molar-refractivity contribution in [3.8, 4) is 5.75 Å². The molecule has 5 N–H and O–H groups in total. The molecule has 1 amide bonds. The molecule has 0 aromatic heterocycles. The Morgan fingerprint density at radius 1 is 1.22 bits per heavy atom. The summed E-state index contributed by atoms with van der Waals surface area (Å²) in [5, 5.41) is 2.80. The van der Waals surface area contributed by atoms with E-state index in [0.717, 1.165) is 0 Å².